The Morgan fingerprint density at radius 3 is 1.50 bits per heavy atom. The van der Waals surface area contributed by atoms with E-state index in [4.69, 9.17) is 9.47 Å². The van der Waals surface area contributed by atoms with Crippen molar-refractivity contribution in [3.8, 4) is 23.0 Å². The van der Waals surface area contributed by atoms with Gasteiger partial charge in [-0.15, -0.1) is 0 Å². The molecule has 3 nitrogen and oxygen atoms in total. The molecule has 0 unspecified atom stereocenters. The highest BCUT2D eigenvalue weighted by Crippen LogP contribution is 2.48. The molecule has 0 fully saturated rings. The van der Waals surface area contributed by atoms with E-state index in [1.807, 2.05) is 103 Å². The monoisotopic (exact) mass is 384 g/mol. The summed E-state index contributed by atoms with van der Waals surface area (Å²) in [4.78, 5) is 0. The molecule has 1 heterocycles. The normalized spacial score (nSPS) is 12.3. The summed E-state index contributed by atoms with van der Waals surface area (Å²) >= 11 is 0. The predicted molar refractivity (Wildman–Crippen MR) is 112 cm³/mol. The SMILES string of the molecule is O=P(c1ccccc1)(c1ccccc1)c1ccc2c(c1)Oc1ccccc1O2. The third-order valence-electron chi connectivity index (χ3n) is 4.82. The Morgan fingerprint density at radius 2 is 0.929 bits per heavy atom. The van der Waals surface area contributed by atoms with Crippen molar-refractivity contribution in [3.05, 3.63) is 103 Å². The molecule has 0 spiro atoms. The highest BCUT2D eigenvalue weighted by atomic mass is 31.2. The first-order valence-electron chi connectivity index (χ1n) is 9.06. The van der Waals surface area contributed by atoms with Crippen molar-refractivity contribution in [3.63, 3.8) is 0 Å². The second-order valence-electron chi connectivity index (χ2n) is 6.56. The molecule has 0 aliphatic carbocycles. The van der Waals surface area contributed by atoms with E-state index >= 15 is 0 Å². The van der Waals surface area contributed by atoms with Crippen LogP contribution in [-0.2, 0) is 4.57 Å². The van der Waals surface area contributed by atoms with Gasteiger partial charge in [-0.05, 0) is 30.3 Å². The van der Waals surface area contributed by atoms with Crippen LogP contribution in [0.5, 0.6) is 23.0 Å². The fourth-order valence-corrected chi connectivity index (χ4v) is 6.10. The van der Waals surface area contributed by atoms with E-state index in [-0.39, 0.29) is 0 Å². The van der Waals surface area contributed by atoms with Crippen molar-refractivity contribution in [1.82, 2.24) is 0 Å². The van der Waals surface area contributed by atoms with Crippen LogP contribution in [0.15, 0.2) is 103 Å². The van der Waals surface area contributed by atoms with Crippen LogP contribution >= 0.6 is 7.14 Å². The summed E-state index contributed by atoms with van der Waals surface area (Å²) in [6.07, 6.45) is 0. The van der Waals surface area contributed by atoms with Gasteiger partial charge in [-0.3, -0.25) is 0 Å². The van der Waals surface area contributed by atoms with Gasteiger partial charge in [-0.25, -0.2) is 0 Å². The Balaban J connectivity index is 1.67. The summed E-state index contributed by atoms with van der Waals surface area (Å²) in [6.45, 7) is 0. The van der Waals surface area contributed by atoms with Crippen LogP contribution in [0.1, 0.15) is 0 Å². The topological polar surface area (TPSA) is 35.5 Å². The zero-order valence-corrected chi connectivity index (χ0v) is 15.9. The van der Waals surface area contributed by atoms with E-state index < -0.39 is 7.14 Å². The van der Waals surface area contributed by atoms with E-state index in [2.05, 4.69) is 0 Å². The van der Waals surface area contributed by atoms with E-state index in [0.29, 0.717) is 28.3 Å². The van der Waals surface area contributed by atoms with Crippen molar-refractivity contribution < 1.29 is 14.0 Å². The molecule has 0 bridgehead atoms. The maximum atomic E-state index is 14.5. The van der Waals surface area contributed by atoms with Crippen molar-refractivity contribution >= 4 is 23.1 Å². The van der Waals surface area contributed by atoms with Crippen molar-refractivity contribution in [1.29, 1.82) is 0 Å². The van der Waals surface area contributed by atoms with Gasteiger partial charge < -0.3 is 14.0 Å². The number of hydrogen-bond donors (Lipinski definition) is 0. The Kier molecular flexibility index (Phi) is 4.03. The van der Waals surface area contributed by atoms with Gasteiger partial charge in [0.2, 0.25) is 0 Å². The summed E-state index contributed by atoms with van der Waals surface area (Å²) < 4.78 is 26.4. The maximum absolute atomic E-state index is 14.5. The second kappa shape index (κ2) is 6.70. The van der Waals surface area contributed by atoms with E-state index in [9.17, 15) is 4.57 Å². The van der Waals surface area contributed by atoms with Gasteiger partial charge in [-0.1, -0.05) is 72.8 Å². The lowest BCUT2D eigenvalue weighted by Gasteiger charge is -2.24. The molecule has 0 N–H and O–H groups in total. The van der Waals surface area contributed by atoms with Crippen LogP contribution in [0.3, 0.4) is 0 Å². The maximum Gasteiger partial charge on any atom is 0.171 e. The minimum absolute atomic E-state index is 0.572. The summed E-state index contributed by atoms with van der Waals surface area (Å²) in [5.41, 5.74) is 0. The van der Waals surface area contributed by atoms with Crippen LogP contribution in [-0.4, -0.2) is 0 Å². The van der Waals surface area contributed by atoms with Gasteiger partial charge in [0, 0.05) is 15.9 Å². The van der Waals surface area contributed by atoms with Crippen LogP contribution in [0.2, 0.25) is 0 Å². The third kappa shape index (κ3) is 2.72. The zero-order valence-electron chi connectivity index (χ0n) is 15.0. The van der Waals surface area contributed by atoms with Gasteiger partial charge >= 0.3 is 0 Å². The lowest BCUT2D eigenvalue weighted by molar-refractivity contribution is 0.360. The van der Waals surface area contributed by atoms with Gasteiger partial charge in [0.15, 0.2) is 30.1 Å². The van der Waals surface area contributed by atoms with Crippen LogP contribution in [0.25, 0.3) is 0 Å². The first-order valence-corrected chi connectivity index (χ1v) is 10.8. The minimum atomic E-state index is -3.04. The van der Waals surface area contributed by atoms with Gasteiger partial charge in [0.05, 0.1) is 0 Å². The highest BCUT2D eigenvalue weighted by Gasteiger charge is 2.31. The standard InChI is InChI=1S/C24H17O3P/c25-28(18-9-3-1-4-10-18,19-11-5-2-6-12-19)20-15-16-23-24(17-20)27-22-14-8-7-13-21(22)26-23/h1-17H. The van der Waals surface area contributed by atoms with Gasteiger partial charge in [0.1, 0.15) is 0 Å². The Labute approximate surface area is 163 Å². The largest absolute Gasteiger partial charge is 0.450 e. The van der Waals surface area contributed by atoms with E-state index in [0.717, 1.165) is 10.6 Å². The molecular formula is C24H17O3P. The first-order chi connectivity index (χ1) is 13.7. The number of fused-ring (bicyclic) bond motifs is 2. The average Bonchev–Trinajstić information content (AvgIpc) is 2.78. The molecule has 4 aromatic rings. The molecule has 0 saturated carbocycles. The number of hydrogen-bond acceptors (Lipinski definition) is 3. The minimum Gasteiger partial charge on any atom is -0.450 e. The Bertz CT molecular complexity index is 1140. The Morgan fingerprint density at radius 1 is 0.464 bits per heavy atom. The molecule has 28 heavy (non-hydrogen) atoms. The fraction of sp³-hybridized carbons (Fsp3) is 0. The van der Waals surface area contributed by atoms with Crippen LogP contribution in [0.4, 0.5) is 0 Å². The smallest absolute Gasteiger partial charge is 0.171 e. The molecular weight excluding hydrogens is 367 g/mol. The van der Waals surface area contributed by atoms with Crippen molar-refractivity contribution in [2.75, 3.05) is 0 Å². The van der Waals surface area contributed by atoms with Crippen LogP contribution < -0.4 is 25.4 Å². The molecule has 0 radical (unpaired) electrons. The molecule has 0 saturated heterocycles. The van der Waals surface area contributed by atoms with Crippen LogP contribution in [0, 0.1) is 0 Å². The Hall–Kier alpha value is -3.29. The third-order valence-corrected chi connectivity index (χ3v) is 7.88. The summed E-state index contributed by atoms with van der Waals surface area (Å²) in [7, 11) is -3.04. The predicted octanol–water partition coefficient (Wildman–Crippen LogP) is 5.22. The summed E-state index contributed by atoms with van der Waals surface area (Å²) in [5, 5.41) is 2.29. The zero-order chi connectivity index (χ0) is 19.0. The number of para-hydroxylation sites is 2. The molecule has 0 atom stereocenters. The molecule has 5 rings (SSSR count). The first kappa shape index (κ1) is 16.9. The average molecular weight is 384 g/mol. The molecule has 0 aromatic heterocycles. The molecule has 0 amide bonds. The lowest BCUT2D eigenvalue weighted by Crippen LogP contribution is -2.25. The second-order valence-corrected chi connectivity index (χ2v) is 9.33. The number of benzene rings is 4. The van der Waals surface area contributed by atoms with E-state index in [1.165, 1.54) is 0 Å². The summed E-state index contributed by atoms with van der Waals surface area (Å²) in [5.74, 6) is 2.52. The molecule has 1 aliphatic heterocycles. The quantitative estimate of drug-likeness (QED) is 0.400. The molecule has 136 valence electrons. The lowest BCUT2D eigenvalue weighted by atomic mass is 10.2. The molecule has 4 heteroatoms. The number of ether oxygens (including phenoxy) is 2. The molecule has 1 aliphatic rings. The van der Waals surface area contributed by atoms with Gasteiger partial charge in [0.25, 0.3) is 0 Å². The number of rotatable bonds is 3. The fourth-order valence-electron chi connectivity index (χ4n) is 3.44. The van der Waals surface area contributed by atoms with Gasteiger partial charge in [-0.2, -0.15) is 0 Å². The molecule has 4 aromatic carbocycles. The van der Waals surface area contributed by atoms with Crippen molar-refractivity contribution in [2.45, 2.75) is 0 Å². The summed E-state index contributed by atoms with van der Waals surface area (Å²) in [6, 6.07) is 32.3. The highest BCUT2D eigenvalue weighted by molar-refractivity contribution is 7.85. The van der Waals surface area contributed by atoms with E-state index in [1.54, 1.807) is 0 Å². The van der Waals surface area contributed by atoms with Crippen molar-refractivity contribution in [2.24, 2.45) is 0 Å².